The summed E-state index contributed by atoms with van der Waals surface area (Å²) in [5, 5.41) is 18.7. The maximum Gasteiger partial charge on any atom is 0.182 e. The zero-order valence-electron chi connectivity index (χ0n) is 10.6. The Hall–Kier alpha value is -2.60. The van der Waals surface area contributed by atoms with Gasteiger partial charge in [-0.3, -0.25) is 4.57 Å². The Kier molecular flexibility index (Phi) is 3.23. The van der Waals surface area contributed by atoms with Crippen molar-refractivity contribution in [2.45, 2.75) is 0 Å². The molecule has 0 aliphatic rings. The summed E-state index contributed by atoms with van der Waals surface area (Å²) in [4.78, 5) is 3.08. The third kappa shape index (κ3) is 2.19. The third-order valence-corrected chi connectivity index (χ3v) is 3.67. The third-order valence-electron chi connectivity index (χ3n) is 3.15. The Morgan fingerprint density at radius 3 is 2.52 bits per heavy atom. The number of aromatic nitrogens is 2. The SMILES string of the molecule is N#Cc1ccc(-n2c(=S)[nH]c3cc(Cl)ccc32)cc1C#N. The zero-order chi connectivity index (χ0) is 15.0. The molecule has 0 radical (unpaired) electrons. The molecule has 0 aliphatic carbocycles. The molecule has 6 heteroatoms. The summed E-state index contributed by atoms with van der Waals surface area (Å²) in [6, 6.07) is 14.5. The maximum absolute atomic E-state index is 9.13. The maximum atomic E-state index is 9.13. The van der Waals surface area contributed by atoms with Crippen LogP contribution in [-0.2, 0) is 0 Å². The lowest BCUT2D eigenvalue weighted by atomic mass is 10.1. The smallest absolute Gasteiger partial charge is 0.182 e. The number of nitriles is 2. The molecule has 1 N–H and O–H groups in total. The van der Waals surface area contributed by atoms with Crippen LogP contribution in [0.5, 0.6) is 0 Å². The van der Waals surface area contributed by atoms with E-state index in [1.807, 2.05) is 22.8 Å². The number of hydrogen-bond donors (Lipinski definition) is 1. The molecule has 21 heavy (non-hydrogen) atoms. The van der Waals surface area contributed by atoms with Gasteiger partial charge in [-0.25, -0.2) is 0 Å². The van der Waals surface area contributed by atoms with E-state index in [1.165, 1.54) is 0 Å². The Bertz CT molecular complexity index is 1000. The van der Waals surface area contributed by atoms with E-state index >= 15 is 0 Å². The van der Waals surface area contributed by atoms with Crippen LogP contribution in [0.1, 0.15) is 11.1 Å². The number of imidazole rings is 1. The molecule has 0 aliphatic heterocycles. The minimum atomic E-state index is 0.320. The van der Waals surface area contributed by atoms with Gasteiger partial charge < -0.3 is 4.98 Å². The van der Waals surface area contributed by atoms with Crippen LogP contribution in [0, 0.1) is 27.4 Å². The van der Waals surface area contributed by atoms with E-state index in [0.717, 1.165) is 16.7 Å². The lowest BCUT2D eigenvalue weighted by Gasteiger charge is -2.06. The molecule has 3 aromatic rings. The van der Waals surface area contributed by atoms with Crippen LogP contribution in [0.25, 0.3) is 16.7 Å². The highest BCUT2D eigenvalue weighted by molar-refractivity contribution is 7.71. The Morgan fingerprint density at radius 2 is 1.81 bits per heavy atom. The highest BCUT2D eigenvalue weighted by Crippen LogP contribution is 2.23. The van der Waals surface area contributed by atoms with Gasteiger partial charge in [0.05, 0.1) is 22.2 Å². The van der Waals surface area contributed by atoms with Crippen LogP contribution >= 0.6 is 23.8 Å². The number of benzene rings is 2. The summed E-state index contributed by atoms with van der Waals surface area (Å²) < 4.78 is 2.31. The minimum absolute atomic E-state index is 0.320. The molecule has 0 atom stereocenters. The first-order valence-corrected chi connectivity index (χ1v) is 6.77. The lowest BCUT2D eigenvalue weighted by Crippen LogP contribution is -1.96. The zero-order valence-corrected chi connectivity index (χ0v) is 12.2. The summed E-state index contributed by atoms with van der Waals surface area (Å²) in [6.07, 6.45) is 0. The van der Waals surface area contributed by atoms with E-state index in [0.29, 0.717) is 20.9 Å². The molecule has 0 fully saturated rings. The molecule has 0 amide bonds. The summed E-state index contributed by atoms with van der Waals surface area (Å²) >= 11 is 11.3. The van der Waals surface area contributed by atoms with E-state index in [4.69, 9.17) is 34.3 Å². The highest BCUT2D eigenvalue weighted by Gasteiger charge is 2.09. The van der Waals surface area contributed by atoms with Gasteiger partial charge in [0.25, 0.3) is 0 Å². The normalized spacial score (nSPS) is 10.2. The fraction of sp³-hybridized carbons (Fsp3) is 0. The first-order valence-electron chi connectivity index (χ1n) is 5.99. The molecular formula is C15H7ClN4S. The minimum Gasteiger partial charge on any atom is -0.330 e. The predicted octanol–water partition coefficient (Wildman–Crippen LogP) is 4.08. The average molecular weight is 311 g/mol. The number of halogens is 1. The van der Waals surface area contributed by atoms with Crippen molar-refractivity contribution in [1.82, 2.24) is 9.55 Å². The molecule has 1 aromatic heterocycles. The number of hydrogen-bond acceptors (Lipinski definition) is 3. The van der Waals surface area contributed by atoms with Gasteiger partial charge in [0.1, 0.15) is 12.1 Å². The molecule has 1 heterocycles. The average Bonchev–Trinajstić information content (AvgIpc) is 2.81. The van der Waals surface area contributed by atoms with Gasteiger partial charge in [-0.2, -0.15) is 10.5 Å². The largest absolute Gasteiger partial charge is 0.330 e. The molecule has 0 bridgehead atoms. The number of nitrogens with zero attached hydrogens (tertiary/aromatic N) is 3. The number of H-pyrrole nitrogens is 1. The van der Waals surface area contributed by atoms with Crippen molar-refractivity contribution in [3.63, 3.8) is 0 Å². The predicted molar refractivity (Wildman–Crippen MR) is 82.9 cm³/mol. The summed E-state index contributed by atoms with van der Waals surface area (Å²) in [5.74, 6) is 0. The Balaban J connectivity index is 2.32. The summed E-state index contributed by atoms with van der Waals surface area (Å²) in [7, 11) is 0. The van der Waals surface area contributed by atoms with Crippen molar-refractivity contribution in [3.8, 4) is 17.8 Å². The number of rotatable bonds is 1. The first kappa shape index (κ1) is 13.4. The second kappa shape index (κ2) is 5.06. The van der Waals surface area contributed by atoms with Crippen LogP contribution in [0.3, 0.4) is 0 Å². The van der Waals surface area contributed by atoms with E-state index in [9.17, 15) is 0 Å². The molecular weight excluding hydrogens is 304 g/mol. The van der Waals surface area contributed by atoms with E-state index in [-0.39, 0.29) is 0 Å². The summed E-state index contributed by atoms with van der Waals surface area (Å²) in [6.45, 7) is 0. The van der Waals surface area contributed by atoms with Crippen molar-refractivity contribution in [2.24, 2.45) is 0 Å². The van der Waals surface area contributed by atoms with Crippen molar-refractivity contribution < 1.29 is 0 Å². The van der Waals surface area contributed by atoms with Gasteiger partial charge in [0.15, 0.2) is 4.77 Å². The number of aromatic amines is 1. The van der Waals surface area contributed by atoms with Crippen molar-refractivity contribution in [2.75, 3.05) is 0 Å². The lowest BCUT2D eigenvalue weighted by molar-refractivity contribution is 1.06. The van der Waals surface area contributed by atoms with E-state index in [1.54, 1.807) is 30.3 Å². The van der Waals surface area contributed by atoms with Crippen LogP contribution in [0.2, 0.25) is 5.02 Å². The fourth-order valence-electron chi connectivity index (χ4n) is 2.20. The van der Waals surface area contributed by atoms with Crippen LogP contribution < -0.4 is 0 Å². The monoisotopic (exact) mass is 310 g/mol. The molecule has 4 nitrogen and oxygen atoms in total. The molecule has 0 unspecified atom stereocenters. The molecule has 0 saturated carbocycles. The Morgan fingerprint density at radius 1 is 1.05 bits per heavy atom. The van der Waals surface area contributed by atoms with Gasteiger partial charge in [0.2, 0.25) is 0 Å². The number of fused-ring (bicyclic) bond motifs is 1. The number of nitrogens with one attached hydrogen (secondary N) is 1. The second-order valence-corrected chi connectivity index (χ2v) is 5.20. The molecule has 0 saturated heterocycles. The first-order chi connectivity index (χ1) is 10.1. The van der Waals surface area contributed by atoms with Crippen molar-refractivity contribution >= 4 is 34.9 Å². The quantitative estimate of drug-likeness (QED) is 0.688. The fourth-order valence-corrected chi connectivity index (χ4v) is 2.69. The van der Waals surface area contributed by atoms with Crippen LogP contribution in [0.4, 0.5) is 0 Å². The van der Waals surface area contributed by atoms with Crippen molar-refractivity contribution in [3.05, 3.63) is 57.3 Å². The van der Waals surface area contributed by atoms with Crippen LogP contribution in [0.15, 0.2) is 36.4 Å². The topological polar surface area (TPSA) is 68.3 Å². The van der Waals surface area contributed by atoms with E-state index in [2.05, 4.69) is 4.98 Å². The van der Waals surface area contributed by atoms with Gasteiger partial charge in [-0.1, -0.05) is 11.6 Å². The standard InChI is InChI=1S/C15H7ClN4S/c16-11-2-4-14-13(6-11)19-15(21)20(14)12-3-1-9(7-17)10(5-12)8-18/h1-6H,(H,19,21). The molecule has 2 aromatic carbocycles. The van der Waals surface area contributed by atoms with Gasteiger partial charge in [0, 0.05) is 10.7 Å². The van der Waals surface area contributed by atoms with E-state index < -0.39 is 0 Å². The molecule has 3 rings (SSSR count). The highest BCUT2D eigenvalue weighted by atomic mass is 35.5. The van der Waals surface area contributed by atoms with Gasteiger partial charge in [-0.05, 0) is 48.6 Å². The summed E-state index contributed by atoms with van der Waals surface area (Å²) in [5.41, 5.74) is 3.06. The molecule has 0 spiro atoms. The van der Waals surface area contributed by atoms with Gasteiger partial charge >= 0.3 is 0 Å². The van der Waals surface area contributed by atoms with Crippen molar-refractivity contribution in [1.29, 1.82) is 10.5 Å². The van der Waals surface area contributed by atoms with Gasteiger partial charge in [-0.15, -0.1) is 0 Å². The molecule has 100 valence electrons. The van der Waals surface area contributed by atoms with Crippen LogP contribution in [-0.4, -0.2) is 9.55 Å². The Labute approximate surface area is 130 Å². The second-order valence-electron chi connectivity index (χ2n) is 4.38.